The molecule has 1 aromatic heterocycles. The minimum absolute atomic E-state index is 0.0435. The maximum Gasteiger partial charge on any atom is 0.249 e. The Labute approximate surface area is 124 Å². The molecule has 112 valence electrons. The average Bonchev–Trinajstić information content (AvgIpc) is 2.93. The Kier molecular flexibility index (Phi) is 3.43. The zero-order valence-corrected chi connectivity index (χ0v) is 12.6. The molecule has 0 aromatic carbocycles. The maximum absolute atomic E-state index is 12.9. The van der Waals surface area contributed by atoms with E-state index in [1.165, 1.54) is 0 Å². The third-order valence-corrected chi connectivity index (χ3v) is 4.82. The van der Waals surface area contributed by atoms with Gasteiger partial charge < -0.3 is 10.2 Å². The van der Waals surface area contributed by atoms with Gasteiger partial charge in [0.05, 0.1) is 0 Å². The normalized spacial score (nSPS) is 24.5. The van der Waals surface area contributed by atoms with Crippen molar-refractivity contribution in [2.75, 3.05) is 0 Å². The summed E-state index contributed by atoms with van der Waals surface area (Å²) in [5, 5.41) is 2.98. The third-order valence-electron chi connectivity index (χ3n) is 4.82. The number of aromatic nitrogens is 1. The molecule has 1 unspecified atom stereocenters. The summed E-state index contributed by atoms with van der Waals surface area (Å²) in [4.78, 5) is 31.0. The van der Waals surface area contributed by atoms with Crippen LogP contribution in [-0.2, 0) is 16.1 Å². The number of aryl methyl sites for hydroxylation is 1. The molecule has 1 aromatic rings. The summed E-state index contributed by atoms with van der Waals surface area (Å²) < 4.78 is 0. The lowest BCUT2D eigenvalue weighted by atomic mass is 9.90. The molecule has 3 rings (SSSR count). The summed E-state index contributed by atoms with van der Waals surface area (Å²) in [6.07, 6.45) is 7.04. The highest BCUT2D eigenvalue weighted by Gasteiger charge is 2.50. The Balaban J connectivity index is 1.90. The van der Waals surface area contributed by atoms with E-state index >= 15 is 0 Å². The Morgan fingerprint density at radius 3 is 2.76 bits per heavy atom. The van der Waals surface area contributed by atoms with E-state index in [9.17, 15) is 9.59 Å². The molecule has 2 amide bonds. The fourth-order valence-corrected chi connectivity index (χ4v) is 3.36. The van der Waals surface area contributed by atoms with Gasteiger partial charge in [0, 0.05) is 18.9 Å². The predicted octanol–water partition coefficient (Wildman–Crippen LogP) is 1.55. The number of rotatable bonds is 2. The van der Waals surface area contributed by atoms with E-state index in [0.29, 0.717) is 6.54 Å². The zero-order valence-electron chi connectivity index (χ0n) is 12.6. The van der Waals surface area contributed by atoms with Crippen LogP contribution in [0.1, 0.15) is 43.7 Å². The molecule has 2 aliphatic rings. The van der Waals surface area contributed by atoms with Gasteiger partial charge >= 0.3 is 0 Å². The van der Waals surface area contributed by atoms with E-state index in [1.54, 1.807) is 24.2 Å². The molecular weight excluding hydrogens is 266 g/mol. The van der Waals surface area contributed by atoms with Crippen molar-refractivity contribution in [3.63, 3.8) is 0 Å². The summed E-state index contributed by atoms with van der Waals surface area (Å²) in [5.74, 6) is 0.0217. The summed E-state index contributed by atoms with van der Waals surface area (Å²) >= 11 is 0. The van der Waals surface area contributed by atoms with Crippen LogP contribution in [0.4, 0.5) is 0 Å². The fourth-order valence-electron chi connectivity index (χ4n) is 3.36. The van der Waals surface area contributed by atoms with Gasteiger partial charge in [-0.15, -0.1) is 0 Å². The Morgan fingerprint density at radius 1 is 1.38 bits per heavy atom. The predicted molar refractivity (Wildman–Crippen MR) is 78.3 cm³/mol. The highest BCUT2D eigenvalue weighted by Crippen LogP contribution is 2.35. The van der Waals surface area contributed by atoms with Crippen LogP contribution in [0.25, 0.3) is 0 Å². The largest absolute Gasteiger partial charge is 0.340 e. The molecule has 1 atom stereocenters. The zero-order chi connectivity index (χ0) is 15.0. The standard InChI is InChI=1S/C16H21N3O2/c1-11-5-8-17-9-13(11)10-19-12(2)14(20)18-16(15(19)21)6-3-4-7-16/h5,8-9,12H,3-4,6-7,10H2,1-2H3,(H,18,20). The summed E-state index contributed by atoms with van der Waals surface area (Å²) in [6.45, 7) is 4.25. The molecule has 2 heterocycles. The van der Waals surface area contributed by atoms with Gasteiger partial charge in [-0.1, -0.05) is 12.8 Å². The number of piperazine rings is 1. The molecule has 0 radical (unpaired) electrons. The van der Waals surface area contributed by atoms with E-state index in [2.05, 4.69) is 10.3 Å². The number of nitrogens with zero attached hydrogens (tertiary/aromatic N) is 2. The van der Waals surface area contributed by atoms with Gasteiger partial charge in [0.1, 0.15) is 11.6 Å². The van der Waals surface area contributed by atoms with Gasteiger partial charge in [0.2, 0.25) is 11.8 Å². The first-order valence-corrected chi connectivity index (χ1v) is 7.56. The van der Waals surface area contributed by atoms with E-state index in [1.807, 2.05) is 13.0 Å². The number of carbonyl (C=O) groups excluding carboxylic acids is 2. The maximum atomic E-state index is 12.9. The molecule has 1 spiro atoms. The molecule has 0 bridgehead atoms. The van der Waals surface area contributed by atoms with Gasteiger partial charge in [-0.05, 0) is 43.9 Å². The number of carbonyl (C=O) groups is 2. The van der Waals surface area contributed by atoms with Crippen molar-refractivity contribution < 1.29 is 9.59 Å². The molecule has 1 N–H and O–H groups in total. The SMILES string of the molecule is Cc1ccncc1CN1C(=O)C2(CCCC2)NC(=O)C1C. The summed E-state index contributed by atoms with van der Waals surface area (Å²) in [6, 6.07) is 1.50. The van der Waals surface area contributed by atoms with Gasteiger partial charge in [0.25, 0.3) is 0 Å². The third kappa shape index (κ3) is 2.30. The topological polar surface area (TPSA) is 62.3 Å². The van der Waals surface area contributed by atoms with E-state index in [-0.39, 0.29) is 11.8 Å². The Bertz CT molecular complexity index is 579. The minimum atomic E-state index is -0.653. The number of pyridine rings is 1. The number of hydrogen-bond donors (Lipinski definition) is 1. The van der Waals surface area contributed by atoms with E-state index in [4.69, 9.17) is 0 Å². The molecular formula is C16H21N3O2. The van der Waals surface area contributed by atoms with Crippen molar-refractivity contribution in [3.05, 3.63) is 29.6 Å². The van der Waals surface area contributed by atoms with Crippen molar-refractivity contribution in [1.29, 1.82) is 0 Å². The number of hydrogen-bond acceptors (Lipinski definition) is 3. The lowest BCUT2D eigenvalue weighted by Gasteiger charge is -2.43. The Morgan fingerprint density at radius 2 is 2.10 bits per heavy atom. The van der Waals surface area contributed by atoms with Gasteiger partial charge in [-0.3, -0.25) is 14.6 Å². The van der Waals surface area contributed by atoms with E-state index < -0.39 is 11.6 Å². The molecule has 1 saturated carbocycles. The highest BCUT2D eigenvalue weighted by molar-refractivity contribution is 5.99. The second kappa shape index (κ2) is 5.13. The minimum Gasteiger partial charge on any atom is -0.340 e. The fraction of sp³-hybridized carbons (Fsp3) is 0.562. The van der Waals surface area contributed by atoms with Crippen LogP contribution in [-0.4, -0.2) is 33.3 Å². The molecule has 1 aliphatic heterocycles. The van der Waals surface area contributed by atoms with Crippen molar-refractivity contribution >= 4 is 11.8 Å². The summed E-state index contributed by atoms with van der Waals surface area (Å²) in [5.41, 5.74) is 1.44. The quantitative estimate of drug-likeness (QED) is 0.897. The molecule has 5 nitrogen and oxygen atoms in total. The van der Waals surface area contributed by atoms with Crippen molar-refractivity contribution in [3.8, 4) is 0 Å². The van der Waals surface area contributed by atoms with Crippen LogP contribution in [0, 0.1) is 6.92 Å². The second-order valence-corrected chi connectivity index (χ2v) is 6.19. The molecule has 1 saturated heterocycles. The first-order valence-electron chi connectivity index (χ1n) is 7.56. The smallest absolute Gasteiger partial charge is 0.249 e. The Hall–Kier alpha value is -1.91. The van der Waals surface area contributed by atoms with Crippen LogP contribution < -0.4 is 5.32 Å². The second-order valence-electron chi connectivity index (χ2n) is 6.19. The first kappa shape index (κ1) is 14.0. The van der Waals surface area contributed by atoms with Crippen LogP contribution in [0.3, 0.4) is 0 Å². The van der Waals surface area contributed by atoms with Gasteiger partial charge in [-0.2, -0.15) is 0 Å². The molecule has 1 aliphatic carbocycles. The number of nitrogens with one attached hydrogen (secondary N) is 1. The van der Waals surface area contributed by atoms with Gasteiger partial charge in [0.15, 0.2) is 0 Å². The monoisotopic (exact) mass is 287 g/mol. The molecule has 2 fully saturated rings. The van der Waals surface area contributed by atoms with Crippen LogP contribution in [0.15, 0.2) is 18.5 Å². The molecule has 21 heavy (non-hydrogen) atoms. The van der Waals surface area contributed by atoms with Crippen molar-refractivity contribution in [1.82, 2.24) is 15.2 Å². The summed E-state index contributed by atoms with van der Waals surface area (Å²) in [7, 11) is 0. The van der Waals surface area contributed by atoms with Crippen LogP contribution in [0.5, 0.6) is 0 Å². The lowest BCUT2D eigenvalue weighted by molar-refractivity contribution is -0.154. The first-order chi connectivity index (χ1) is 10.0. The highest BCUT2D eigenvalue weighted by atomic mass is 16.2. The van der Waals surface area contributed by atoms with Gasteiger partial charge in [-0.25, -0.2) is 0 Å². The van der Waals surface area contributed by atoms with Crippen molar-refractivity contribution in [2.45, 2.75) is 57.7 Å². The molecule has 5 heteroatoms. The van der Waals surface area contributed by atoms with Crippen LogP contribution in [0.2, 0.25) is 0 Å². The lowest BCUT2D eigenvalue weighted by Crippen LogP contribution is -2.68. The van der Waals surface area contributed by atoms with E-state index in [0.717, 1.165) is 36.8 Å². The average molecular weight is 287 g/mol. The van der Waals surface area contributed by atoms with Crippen molar-refractivity contribution in [2.24, 2.45) is 0 Å². The number of amides is 2. The van der Waals surface area contributed by atoms with Crippen LogP contribution >= 0.6 is 0 Å².